The number of amides is 1. The topological polar surface area (TPSA) is 103 Å². The first-order chi connectivity index (χ1) is 15.8. The van der Waals surface area contributed by atoms with Crippen LogP contribution in [-0.4, -0.2) is 26.5 Å². The van der Waals surface area contributed by atoms with E-state index in [1.807, 2.05) is 13.8 Å². The Morgan fingerprint density at radius 3 is 2.55 bits per heavy atom. The summed E-state index contributed by atoms with van der Waals surface area (Å²) in [6, 6.07) is 13.0. The van der Waals surface area contributed by atoms with Crippen molar-refractivity contribution in [1.29, 1.82) is 0 Å². The summed E-state index contributed by atoms with van der Waals surface area (Å²) in [5, 5.41) is 7.56. The van der Waals surface area contributed by atoms with E-state index in [9.17, 15) is 18.8 Å². The van der Waals surface area contributed by atoms with Gasteiger partial charge in [-0.3, -0.25) is 9.59 Å². The van der Waals surface area contributed by atoms with Gasteiger partial charge in [0.2, 0.25) is 4.96 Å². The summed E-state index contributed by atoms with van der Waals surface area (Å²) in [6.45, 7) is 3.69. The number of benzene rings is 2. The number of carbonyl (C=O) groups excluding carboxylic acids is 2. The van der Waals surface area contributed by atoms with Gasteiger partial charge in [0.25, 0.3) is 11.5 Å². The van der Waals surface area contributed by atoms with Crippen molar-refractivity contribution < 1.29 is 18.7 Å². The molecule has 2 heterocycles. The van der Waals surface area contributed by atoms with Crippen molar-refractivity contribution in [3.05, 3.63) is 92.6 Å². The van der Waals surface area contributed by atoms with Crippen LogP contribution in [0.25, 0.3) is 4.96 Å². The molecule has 2 aromatic heterocycles. The largest absolute Gasteiger partial charge is 0.456 e. The maximum Gasteiger partial charge on any atom is 0.340 e. The number of fused-ring (bicyclic) bond motifs is 1. The molecule has 0 aliphatic rings. The molecule has 0 bridgehead atoms. The quantitative estimate of drug-likeness (QED) is 0.431. The van der Waals surface area contributed by atoms with Gasteiger partial charge in [-0.25, -0.2) is 14.2 Å². The van der Waals surface area contributed by atoms with Crippen LogP contribution >= 0.6 is 11.3 Å². The van der Waals surface area contributed by atoms with Crippen molar-refractivity contribution in [2.75, 3.05) is 5.32 Å². The first-order valence-electron chi connectivity index (χ1n) is 10.0. The van der Waals surface area contributed by atoms with Gasteiger partial charge in [0.1, 0.15) is 17.4 Å². The second-order valence-electron chi connectivity index (χ2n) is 7.43. The number of esters is 1. The van der Waals surface area contributed by atoms with E-state index in [1.54, 1.807) is 12.1 Å². The summed E-state index contributed by atoms with van der Waals surface area (Å²) in [5.41, 5.74) is 0.0130. The number of carbonyl (C=O) groups is 2. The van der Waals surface area contributed by atoms with E-state index in [2.05, 4.69) is 15.4 Å². The van der Waals surface area contributed by atoms with Crippen LogP contribution in [0.2, 0.25) is 0 Å². The van der Waals surface area contributed by atoms with Gasteiger partial charge in [-0.1, -0.05) is 49.4 Å². The summed E-state index contributed by atoms with van der Waals surface area (Å²) >= 11 is 1.29. The Bertz CT molecular complexity index is 1410. The molecule has 0 radical (unpaired) electrons. The van der Waals surface area contributed by atoms with Crippen molar-refractivity contribution >= 4 is 33.9 Å². The molecule has 168 valence electrons. The van der Waals surface area contributed by atoms with Gasteiger partial charge in [0, 0.05) is 12.0 Å². The van der Waals surface area contributed by atoms with Crippen LogP contribution in [0, 0.1) is 5.82 Å². The standard InChI is InChI=1S/C23H19FN4O4S/c1-13(2)21-27-28-19(29)11-14(25-23(28)33-21)12-32-22(31)16-8-4-6-10-18(16)26-20(30)15-7-3-5-9-17(15)24/h3-11,13H,12H2,1-2H3,(H,26,30). The number of nitrogens with zero attached hydrogens (tertiary/aromatic N) is 3. The summed E-state index contributed by atoms with van der Waals surface area (Å²) < 4.78 is 20.5. The molecule has 0 aliphatic carbocycles. The van der Waals surface area contributed by atoms with E-state index >= 15 is 0 Å². The van der Waals surface area contributed by atoms with Gasteiger partial charge in [-0.15, -0.1) is 0 Å². The number of halogens is 1. The van der Waals surface area contributed by atoms with Gasteiger partial charge >= 0.3 is 5.97 Å². The van der Waals surface area contributed by atoms with Crippen LogP contribution in [0.1, 0.15) is 51.2 Å². The highest BCUT2D eigenvalue weighted by molar-refractivity contribution is 7.16. The van der Waals surface area contributed by atoms with E-state index in [4.69, 9.17) is 4.74 Å². The normalized spacial score (nSPS) is 11.0. The molecule has 0 saturated carbocycles. The Morgan fingerprint density at radius 2 is 1.82 bits per heavy atom. The average Bonchev–Trinajstić information content (AvgIpc) is 3.23. The Balaban J connectivity index is 1.51. The molecule has 0 spiro atoms. The van der Waals surface area contributed by atoms with E-state index in [1.165, 1.54) is 58.3 Å². The van der Waals surface area contributed by atoms with E-state index in [0.717, 1.165) is 5.01 Å². The zero-order chi connectivity index (χ0) is 23.5. The molecule has 33 heavy (non-hydrogen) atoms. The summed E-state index contributed by atoms with van der Waals surface area (Å²) in [7, 11) is 0. The van der Waals surface area contributed by atoms with E-state index < -0.39 is 17.7 Å². The van der Waals surface area contributed by atoms with Crippen molar-refractivity contribution in [2.24, 2.45) is 0 Å². The minimum Gasteiger partial charge on any atom is -0.456 e. The van der Waals surface area contributed by atoms with Gasteiger partial charge in [0.05, 0.1) is 22.5 Å². The Labute approximate surface area is 191 Å². The Hall–Kier alpha value is -3.92. The fraction of sp³-hybridized carbons (Fsp3) is 0.174. The summed E-state index contributed by atoms with van der Waals surface area (Å²) in [5.74, 6) is -1.95. The molecule has 8 nitrogen and oxygen atoms in total. The highest BCUT2D eigenvalue weighted by atomic mass is 32.1. The lowest BCUT2D eigenvalue weighted by Crippen LogP contribution is -2.18. The Morgan fingerprint density at radius 1 is 1.12 bits per heavy atom. The lowest BCUT2D eigenvalue weighted by atomic mass is 10.1. The molecule has 0 aliphatic heterocycles. The molecule has 0 fully saturated rings. The number of para-hydroxylation sites is 1. The maximum atomic E-state index is 13.9. The molecule has 4 aromatic rings. The van der Waals surface area contributed by atoms with Crippen molar-refractivity contribution in [3.8, 4) is 0 Å². The SMILES string of the molecule is CC(C)c1nn2c(=O)cc(COC(=O)c3ccccc3NC(=O)c3ccccc3F)nc2s1. The number of ether oxygens (including phenoxy) is 1. The Kier molecular flexibility index (Phi) is 6.27. The minimum atomic E-state index is -0.728. The molecular formula is C23H19FN4O4S. The van der Waals surface area contributed by atoms with Gasteiger partial charge < -0.3 is 10.1 Å². The maximum absolute atomic E-state index is 13.9. The van der Waals surface area contributed by atoms with Crippen molar-refractivity contribution in [3.63, 3.8) is 0 Å². The number of rotatable bonds is 6. The fourth-order valence-corrected chi connectivity index (χ4v) is 3.93. The molecule has 10 heteroatoms. The highest BCUT2D eigenvalue weighted by Crippen LogP contribution is 2.21. The summed E-state index contributed by atoms with van der Waals surface area (Å²) in [4.78, 5) is 42.2. The first-order valence-corrected chi connectivity index (χ1v) is 10.9. The summed E-state index contributed by atoms with van der Waals surface area (Å²) in [6.07, 6.45) is 0. The molecule has 0 unspecified atom stereocenters. The number of anilines is 1. The van der Waals surface area contributed by atoms with Crippen LogP contribution in [0.5, 0.6) is 0 Å². The molecule has 2 aromatic carbocycles. The van der Waals surface area contributed by atoms with Crippen LogP contribution in [-0.2, 0) is 11.3 Å². The second kappa shape index (κ2) is 9.29. The monoisotopic (exact) mass is 466 g/mol. The molecular weight excluding hydrogens is 447 g/mol. The third kappa shape index (κ3) is 4.80. The lowest BCUT2D eigenvalue weighted by molar-refractivity contribution is 0.0469. The fourth-order valence-electron chi connectivity index (χ4n) is 3.00. The second-order valence-corrected chi connectivity index (χ2v) is 8.42. The predicted molar refractivity (Wildman–Crippen MR) is 121 cm³/mol. The van der Waals surface area contributed by atoms with E-state index in [0.29, 0.717) is 4.96 Å². The van der Waals surface area contributed by atoms with Crippen LogP contribution < -0.4 is 10.9 Å². The average molecular weight is 466 g/mol. The first kappa shape index (κ1) is 22.3. The number of aromatic nitrogens is 3. The van der Waals surface area contributed by atoms with Crippen molar-refractivity contribution in [1.82, 2.24) is 14.6 Å². The molecule has 4 rings (SSSR count). The van der Waals surface area contributed by atoms with Crippen LogP contribution in [0.15, 0.2) is 59.4 Å². The molecule has 0 saturated heterocycles. The minimum absolute atomic E-state index is 0.0832. The smallest absolute Gasteiger partial charge is 0.340 e. The number of nitrogens with one attached hydrogen (secondary N) is 1. The molecule has 0 atom stereocenters. The van der Waals surface area contributed by atoms with E-state index in [-0.39, 0.29) is 40.6 Å². The number of hydrogen-bond donors (Lipinski definition) is 1. The third-order valence-electron chi connectivity index (χ3n) is 4.67. The third-order valence-corrected chi connectivity index (χ3v) is 5.88. The lowest BCUT2D eigenvalue weighted by Gasteiger charge is -2.11. The molecule has 1 N–H and O–H groups in total. The van der Waals surface area contributed by atoms with Crippen LogP contribution in [0.3, 0.4) is 0 Å². The zero-order valence-corrected chi connectivity index (χ0v) is 18.6. The zero-order valence-electron chi connectivity index (χ0n) is 17.7. The van der Waals surface area contributed by atoms with Gasteiger partial charge in [-0.2, -0.15) is 9.61 Å². The van der Waals surface area contributed by atoms with Gasteiger partial charge in [0.15, 0.2) is 0 Å². The number of hydrogen-bond acceptors (Lipinski definition) is 7. The van der Waals surface area contributed by atoms with Crippen molar-refractivity contribution in [2.45, 2.75) is 26.4 Å². The van der Waals surface area contributed by atoms with Crippen LogP contribution in [0.4, 0.5) is 10.1 Å². The van der Waals surface area contributed by atoms with Gasteiger partial charge in [-0.05, 0) is 24.3 Å². The molecule has 1 amide bonds. The highest BCUT2D eigenvalue weighted by Gasteiger charge is 2.18. The predicted octanol–water partition coefficient (Wildman–Crippen LogP) is 4.02.